The van der Waals surface area contributed by atoms with Gasteiger partial charge in [-0.3, -0.25) is 4.98 Å². The molecule has 1 aromatic heterocycles. The fourth-order valence-electron chi connectivity index (χ4n) is 1.86. The maximum Gasteiger partial charge on any atom is 0.119 e. The van der Waals surface area contributed by atoms with Crippen LogP contribution in [0.4, 0.5) is 0 Å². The molecule has 0 unspecified atom stereocenters. The third-order valence-electron chi connectivity index (χ3n) is 2.93. The number of hydrogen-bond donors (Lipinski definition) is 1. The maximum absolute atomic E-state index is 5.73. The molecule has 0 fully saturated rings. The summed E-state index contributed by atoms with van der Waals surface area (Å²) in [6.07, 6.45) is 3.59. The maximum atomic E-state index is 5.73. The Hall–Kier alpha value is -1.87. The zero-order chi connectivity index (χ0) is 14.2. The summed E-state index contributed by atoms with van der Waals surface area (Å²) in [7, 11) is 0. The number of ether oxygens (including phenoxy) is 1. The Kier molecular flexibility index (Phi) is 5.56. The Balaban J connectivity index is 1.79. The molecule has 1 N–H and O–H groups in total. The Morgan fingerprint density at radius 2 is 1.90 bits per heavy atom. The van der Waals surface area contributed by atoms with Crippen LogP contribution < -0.4 is 10.1 Å². The van der Waals surface area contributed by atoms with Crippen LogP contribution in [0.5, 0.6) is 5.75 Å². The van der Waals surface area contributed by atoms with Gasteiger partial charge in [0.05, 0.1) is 0 Å². The molecule has 0 amide bonds. The lowest BCUT2D eigenvalue weighted by Gasteiger charge is -2.09. The van der Waals surface area contributed by atoms with Crippen molar-refractivity contribution in [2.24, 2.45) is 5.92 Å². The smallest absolute Gasteiger partial charge is 0.119 e. The van der Waals surface area contributed by atoms with Crippen LogP contribution >= 0.6 is 0 Å². The molecule has 20 heavy (non-hydrogen) atoms. The standard InChI is InChI=1S/C17H22N2O/c1-14(2)10-19-11-15-5-7-17(8-6-15)20-13-16-4-3-9-18-12-16/h3-9,12,14,19H,10-11,13H2,1-2H3. The molecule has 0 spiro atoms. The van der Waals surface area contributed by atoms with Crippen molar-refractivity contribution in [3.63, 3.8) is 0 Å². The van der Waals surface area contributed by atoms with Gasteiger partial charge in [-0.05, 0) is 36.2 Å². The normalized spacial score (nSPS) is 10.8. The molecular formula is C17H22N2O. The quantitative estimate of drug-likeness (QED) is 0.837. The summed E-state index contributed by atoms with van der Waals surface area (Å²) in [5, 5.41) is 3.43. The van der Waals surface area contributed by atoms with E-state index in [0.29, 0.717) is 12.5 Å². The van der Waals surface area contributed by atoms with Gasteiger partial charge >= 0.3 is 0 Å². The Morgan fingerprint density at radius 3 is 2.55 bits per heavy atom. The Bertz CT molecular complexity index is 494. The van der Waals surface area contributed by atoms with Gasteiger partial charge < -0.3 is 10.1 Å². The third kappa shape index (κ3) is 5.02. The lowest BCUT2D eigenvalue weighted by molar-refractivity contribution is 0.305. The van der Waals surface area contributed by atoms with Gasteiger partial charge in [0.15, 0.2) is 0 Å². The topological polar surface area (TPSA) is 34.1 Å². The zero-order valence-corrected chi connectivity index (χ0v) is 12.2. The number of rotatable bonds is 7. The summed E-state index contributed by atoms with van der Waals surface area (Å²) in [5.74, 6) is 1.57. The van der Waals surface area contributed by atoms with Gasteiger partial charge in [0, 0.05) is 24.5 Å². The fourth-order valence-corrected chi connectivity index (χ4v) is 1.86. The monoisotopic (exact) mass is 270 g/mol. The molecule has 3 heteroatoms. The summed E-state index contributed by atoms with van der Waals surface area (Å²) in [5.41, 5.74) is 2.36. The minimum atomic E-state index is 0.554. The molecule has 3 nitrogen and oxygen atoms in total. The van der Waals surface area contributed by atoms with Gasteiger partial charge in [0.25, 0.3) is 0 Å². The average molecular weight is 270 g/mol. The average Bonchev–Trinajstić information content (AvgIpc) is 2.47. The van der Waals surface area contributed by atoms with Crippen molar-refractivity contribution in [1.82, 2.24) is 10.3 Å². The highest BCUT2D eigenvalue weighted by molar-refractivity contribution is 5.27. The van der Waals surface area contributed by atoms with Crippen molar-refractivity contribution in [2.45, 2.75) is 27.0 Å². The number of pyridine rings is 1. The van der Waals surface area contributed by atoms with Crippen molar-refractivity contribution in [3.05, 3.63) is 59.9 Å². The van der Waals surface area contributed by atoms with Crippen LogP contribution in [0.2, 0.25) is 0 Å². The van der Waals surface area contributed by atoms with Crippen molar-refractivity contribution in [2.75, 3.05) is 6.54 Å². The molecule has 1 heterocycles. The van der Waals surface area contributed by atoms with Gasteiger partial charge in [-0.15, -0.1) is 0 Å². The van der Waals surface area contributed by atoms with Crippen LogP contribution in [-0.4, -0.2) is 11.5 Å². The highest BCUT2D eigenvalue weighted by Crippen LogP contribution is 2.14. The molecule has 0 saturated carbocycles. The van der Waals surface area contributed by atoms with Crippen LogP contribution in [0.15, 0.2) is 48.8 Å². The zero-order valence-electron chi connectivity index (χ0n) is 12.2. The van der Waals surface area contributed by atoms with Crippen molar-refractivity contribution >= 4 is 0 Å². The minimum absolute atomic E-state index is 0.554. The van der Waals surface area contributed by atoms with E-state index < -0.39 is 0 Å². The van der Waals surface area contributed by atoms with Gasteiger partial charge in [0.2, 0.25) is 0 Å². The second-order valence-electron chi connectivity index (χ2n) is 5.32. The van der Waals surface area contributed by atoms with Gasteiger partial charge in [0.1, 0.15) is 12.4 Å². The van der Waals surface area contributed by atoms with Crippen LogP contribution in [0.3, 0.4) is 0 Å². The molecule has 0 atom stereocenters. The third-order valence-corrected chi connectivity index (χ3v) is 2.93. The molecule has 0 saturated heterocycles. The number of benzene rings is 1. The molecule has 106 valence electrons. The molecule has 0 aliphatic rings. The first-order valence-corrected chi connectivity index (χ1v) is 7.05. The SMILES string of the molecule is CC(C)CNCc1ccc(OCc2cccnc2)cc1. The van der Waals surface area contributed by atoms with Crippen molar-refractivity contribution in [1.29, 1.82) is 0 Å². The van der Waals surface area contributed by atoms with Gasteiger partial charge in [-0.25, -0.2) is 0 Å². The second kappa shape index (κ2) is 7.65. The fraction of sp³-hybridized carbons (Fsp3) is 0.353. The molecule has 0 radical (unpaired) electrons. The predicted molar refractivity (Wildman–Crippen MR) is 81.6 cm³/mol. The summed E-state index contributed by atoms with van der Waals surface area (Å²) < 4.78 is 5.73. The largest absolute Gasteiger partial charge is 0.489 e. The Labute approximate surface area is 121 Å². The van der Waals surface area contributed by atoms with Crippen LogP contribution in [0.1, 0.15) is 25.0 Å². The van der Waals surface area contributed by atoms with Crippen molar-refractivity contribution in [3.8, 4) is 5.75 Å². The molecule has 2 aromatic rings. The first-order chi connectivity index (χ1) is 9.74. The Morgan fingerprint density at radius 1 is 1.10 bits per heavy atom. The summed E-state index contributed by atoms with van der Waals surface area (Å²) in [4.78, 5) is 4.07. The van der Waals surface area contributed by atoms with E-state index in [1.807, 2.05) is 30.5 Å². The second-order valence-corrected chi connectivity index (χ2v) is 5.32. The van der Waals surface area contributed by atoms with Gasteiger partial charge in [-0.1, -0.05) is 32.0 Å². The molecule has 0 aliphatic heterocycles. The van der Waals surface area contributed by atoms with Crippen molar-refractivity contribution < 1.29 is 4.74 Å². The van der Waals surface area contributed by atoms with E-state index in [9.17, 15) is 0 Å². The highest BCUT2D eigenvalue weighted by atomic mass is 16.5. The number of nitrogens with zero attached hydrogens (tertiary/aromatic N) is 1. The lowest BCUT2D eigenvalue weighted by Crippen LogP contribution is -2.18. The summed E-state index contributed by atoms with van der Waals surface area (Å²) in [6, 6.07) is 12.2. The van der Waals surface area contributed by atoms with Crippen LogP contribution in [0, 0.1) is 5.92 Å². The van der Waals surface area contributed by atoms with Crippen LogP contribution in [0.25, 0.3) is 0 Å². The number of hydrogen-bond acceptors (Lipinski definition) is 3. The van der Waals surface area contributed by atoms with E-state index in [-0.39, 0.29) is 0 Å². The van der Waals surface area contributed by atoms with E-state index in [1.54, 1.807) is 6.20 Å². The first-order valence-electron chi connectivity index (χ1n) is 7.05. The highest BCUT2D eigenvalue weighted by Gasteiger charge is 1.98. The van der Waals surface area contributed by atoms with Crippen LogP contribution in [-0.2, 0) is 13.2 Å². The molecule has 1 aromatic carbocycles. The van der Waals surface area contributed by atoms with E-state index in [4.69, 9.17) is 4.74 Å². The molecule has 0 bridgehead atoms. The van der Waals surface area contributed by atoms with E-state index in [1.165, 1.54) is 5.56 Å². The first kappa shape index (κ1) is 14.5. The number of aromatic nitrogens is 1. The minimum Gasteiger partial charge on any atom is -0.489 e. The predicted octanol–water partition coefficient (Wildman–Crippen LogP) is 3.41. The summed E-state index contributed by atoms with van der Waals surface area (Å²) in [6.45, 7) is 6.92. The molecular weight excluding hydrogens is 248 g/mol. The van der Waals surface area contributed by atoms with E-state index in [2.05, 4.69) is 36.3 Å². The number of nitrogens with one attached hydrogen (secondary N) is 1. The van der Waals surface area contributed by atoms with Gasteiger partial charge in [-0.2, -0.15) is 0 Å². The lowest BCUT2D eigenvalue weighted by atomic mass is 10.2. The molecule has 0 aliphatic carbocycles. The van der Waals surface area contributed by atoms with E-state index in [0.717, 1.165) is 24.4 Å². The van der Waals surface area contributed by atoms with E-state index >= 15 is 0 Å². The molecule has 2 rings (SSSR count). The summed E-state index contributed by atoms with van der Waals surface area (Å²) >= 11 is 0.